The summed E-state index contributed by atoms with van der Waals surface area (Å²) in [5.74, 6) is -0.721. The quantitative estimate of drug-likeness (QED) is 0.321. The van der Waals surface area contributed by atoms with E-state index in [1.54, 1.807) is 6.07 Å². The molecule has 3 aromatic rings. The lowest BCUT2D eigenvalue weighted by molar-refractivity contribution is -0.384. The van der Waals surface area contributed by atoms with Crippen LogP contribution < -0.4 is 9.62 Å². The highest BCUT2D eigenvalue weighted by Crippen LogP contribution is 2.27. The summed E-state index contributed by atoms with van der Waals surface area (Å²) in [6, 6.07) is 18.0. The van der Waals surface area contributed by atoms with Crippen LogP contribution in [0.15, 0.2) is 88.7 Å². The molecule has 11 nitrogen and oxygen atoms in total. The van der Waals surface area contributed by atoms with E-state index in [1.165, 1.54) is 71.0 Å². The molecule has 194 valence electrons. The van der Waals surface area contributed by atoms with Crippen LogP contribution in [0.3, 0.4) is 0 Å². The molecular formula is C24H24N4O7S2. The zero-order chi connectivity index (χ0) is 26.6. The third kappa shape index (κ3) is 5.79. The molecule has 0 aromatic heterocycles. The van der Waals surface area contributed by atoms with Crippen LogP contribution in [0.4, 0.5) is 17.1 Å². The van der Waals surface area contributed by atoms with Gasteiger partial charge in [-0.05, 0) is 55.3 Å². The van der Waals surface area contributed by atoms with Gasteiger partial charge in [-0.15, -0.1) is 0 Å². The van der Waals surface area contributed by atoms with Gasteiger partial charge in [-0.3, -0.25) is 19.2 Å². The fourth-order valence-electron chi connectivity index (χ4n) is 3.92. The van der Waals surface area contributed by atoms with Gasteiger partial charge in [0.05, 0.1) is 20.4 Å². The van der Waals surface area contributed by atoms with Crippen LogP contribution in [0.1, 0.15) is 12.8 Å². The summed E-state index contributed by atoms with van der Waals surface area (Å²) in [5, 5.41) is 13.8. The molecular weight excluding hydrogens is 520 g/mol. The third-order valence-electron chi connectivity index (χ3n) is 5.79. The summed E-state index contributed by atoms with van der Waals surface area (Å²) in [5.41, 5.74) is -0.122. The van der Waals surface area contributed by atoms with Gasteiger partial charge in [-0.1, -0.05) is 24.3 Å². The summed E-state index contributed by atoms with van der Waals surface area (Å²) < 4.78 is 54.4. The molecule has 1 aliphatic rings. The number of nitro groups is 1. The maximum absolute atomic E-state index is 13.4. The standard InChI is InChI=1S/C24H24N4O7S2/c29-24(25-19-11-13-23(14-12-19)36(32,33)26-15-4-5-16-26)18-27(20-7-6-8-21(17-20)28(30)31)37(34,35)22-9-2-1-3-10-22/h1-3,6-14,17H,4-5,15-16,18H2,(H,25,29). The summed E-state index contributed by atoms with van der Waals surface area (Å²) >= 11 is 0. The van der Waals surface area contributed by atoms with Crippen molar-refractivity contribution in [1.29, 1.82) is 0 Å². The molecule has 0 spiro atoms. The molecule has 1 heterocycles. The minimum Gasteiger partial charge on any atom is -0.325 e. The number of carbonyl (C=O) groups excluding carboxylic acids is 1. The number of benzene rings is 3. The maximum atomic E-state index is 13.4. The molecule has 3 aromatic carbocycles. The van der Waals surface area contributed by atoms with E-state index in [1.807, 2.05) is 0 Å². The van der Waals surface area contributed by atoms with Gasteiger partial charge in [0.2, 0.25) is 15.9 Å². The fourth-order valence-corrected chi connectivity index (χ4v) is 6.87. The molecule has 1 N–H and O–H groups in total. The molecule has 4 rings (SSSR count). The van der Waals surface area contributed by atoms with E-state index in [4.69, 9.17) is 0 Å². The largest absolute Gasteiger partial charge is 0.325 e. The number of anilines is 2. The van der Waals surface area contributed by atoms with Gasteiger partial charge in [0.25, 0.3) is 15.7 Å². The Morgan fingerprint density at radius 3 is 2.16 bits per heavy atom. The molecule has 13 heteroatoms. The smallest absolute Gasteiger partial charge is 0.271 e. The second-order valence-electron chi connectivity index (χ2n) is 8.29. The van der Waals surface area contributed by atoms with Crippen molar-refractivity contribution < 1.29 is 26.6 Å². The monoisotopic (exact) mass is 544 g/mol. The van der Waals surface area contributed by atoms with Crippen molar-refractivity contribution in [2.24, 2.45) is 0 Å². The number of nitrogens with zero attached hydrogens (tertiary/aromatic N) is 3. The lowest BCUT2D eigenvalue weighted by Crippen LogP contribution is -2.38. The molecule has 0 atom stereocenters. The van der Waals surface area contributed by atoms with Gasteiger partial charge >= 0.3 is 0 Å². The zero-order valence-corrected chi connectivity index (χ0v) is 21.2. The molecule has 0 aliphatic carbocycles. The minimum atomic E-state index is -4.25. The lowest BCUT2D eigenvalue weighted by atomic mass is 10.3. The maximum Gasteiger partial charge on any atom is 0.271 e. The topological polar surface area (TPSA) is 147 Å². The van der Waals surface area contributed by atoms with Crippen molar-refractivity contribution in [3.63, 3.8) is 0 Å². The van der Waals surface area contributed by atoms with Crippen molar-refractivity contribution in [2.45, 2.75) is 22.6 Å². The Hall–Kier alpha value is -3.81. The molecule has 1 fully saturated rings. The van der Waals surface area contributed by atoms with E-state index >= 15 is 0 Å². The Morgan fingerprint density at radius 2 is 1.54 bits per heavy atom. The Kier molecular flexibility index (Phi) is 7.57. The molecule has 0 unspecified atom stereocenters. The predicted octanol–water partition coefficient (Wildman–Crippen LogP) is 3.21. The fraction of sp³-hybridized carbons (Fsp3) is 0.208. The van der Waals surface area contributed by atoms with Crippen molar-refractivity contribution in [2.75, 3.05) is 29.3 Å². The van der Waals surface area contributed by atoms with Gasteiger partial charge in [-0.25, -0.2) is 16.8 Å². The van der Waals surface area contributed by atoms with E-state index in [-0.39, 0.29) is 26.9 Å². The number of hydrogen-bond donors (Lipinski definition) is 1. The van der Waals surface area contributed by atoms with Crippen LogP contribution in [0.25, 0.3) is 0 Å². The summed E-state index contributed by atoms with van der Waals surface area (Å²) in [7, 11) is -7.88. The first-order valence-corrected chi connectivity index (χ1v) is 14.2. The predicted molar refractivity (Wildman–Crippen MR) is 137 cm³/mol. The number of sulfonamides is 2. The molecule has 1 aliphatic heterocycles. The van der Waals surface area contributed by atoms with E-state index in [0.29, 0.717) is 13.1 Å². The van der Waals surface area contributed by atoms with Crippen LogP contribution in [-0.2, 0) is 24.8 Å². The van der Waals surface area contributed by atoms with E-state index in [9.17, 15) is 31.7 Å². The van der Waals surface area contributed by atoms with Gasteiger partial charge < -0.3 is 5.32 Å². The first kappa shape index (κ1) is 26.3. The highest BCUT2D eigenvalue weighted by molar-refractivity contribution is 7.92. The lowest BCUT2D eigenvalue weighted by Gasteiger charge is -2.24. The average Bonchev–Trinajstić information content (AvgIpc) is 3.44. The molecule has 37 heavy (non-hydrogen) atoms. The van der Waals surface area contributed by atoms with Crippen molar-refractivity contribution in [3.05, 3.63) is 89.0 Å². The second-order valence-corrected chi connectivity index (χ2v) is 12.1. The SMILES string of the molecule is O=C(CN(c1cccc([N+](=O)[O-])c1)S(=O)(=O)c1ccccc1)Nc1ccc(S(=O)(=O)N2CCCC2)cc1. The Bertz CT molecular complexity index is 1500. The number of nitrogens with one attached hydrogen (secondary N) is 1. The van der Waals surface area contributed by atoms with Crippen molar-refractivity contribution in [3.8, 4) is 0 Å². The number of carbonyl (C=O) groups is 1. The van der Waals surface area contributed by atoms with E-state index < -0.39 is 37.4 Å². The Balaban J connectivity index is 1.58. The Morgan fingerprint density at radius 1 is 0.892 bits per heavy atom. The van der Waals surface area contributed by atoms with Crippen molar-refractivity contribution >= 4 is 43.0 Å². The molecule has 1 amide bonds. The van der Waals surface area contributed by atoms with Gasteiger partial charge in [0.15, 0.2) is 0 Å². The van der Waals surface area contributed by atoms with Gasteiger partial charge in [-0.2, -0.15) is 4.31 Å². The number of amides is 1. The first-order chi connectivity index (χ1) is 17.6. The Labute approximate surface area is 214 Å². The molecule has 1 saturated heterocycles. The average molecular weight is 545 g/mol. The number of rotatable bonds is 9. The van der Waals surface area contributed by atoms with Crippen LogP contribution in [0, 0.1) is 10.1 Å². The third-order valence-corrected chi connectivity index (χ3v) is 9.49. The normalized spacial score (nSPS) is 14.3. The van der Waals surface area contributed by atoms with Gasteiger partial charge in [0.1, 0.15) is 6.54 Å². The van der Waals surface area contributed by atoms with Crippen molar-refractivity contribution in [1.82, 2.24) is 4.31 Å². The summed E-state index contributed by atoms with van der Waals surface area (Å²) in [6.07, 6.45) is 1.61. The highest BCUT2D eigenvalue weighted by atomic mass is 32.2. The zero-order valence-electron chi connectivity index (χ0n) is 19.6. The second kappa shape index (κ2) is 10.7. The van der Waals surface area contributed by atoms with E-state index in [2.05, 4.69) is 5.32 Å². The number of nitro benzene ring substituents is 1. The van der Waals surface area contributed by atoms with Crippen LogP contribution in [0.2, 0.25) is 0 Å². The molecule has 0 bridgehead atoms. The highest BCUT2D eigenvalue weighted by Gasteiger charge is 2.29. The van der Waals surface area contributed by atoms with Gasteiger partial charge in [0, 0.05) is 30.9 Å². The van der Waals surface area contributed by atoms with Crippen LogP contribution in [0.5, 0.6) is 0 Å². The van der Waals surface area contributed by atoms with Crippen LogP contribution in [-0.4, -0.2) is 51.6 Å². The first-order valence-electron chi connectivity index (χ1n) is 11.3. The number of non-ortho nitro benzene ring substituents is 1. The summed E-state index contributed by atoms with van der Waals surface area (Å²) in [4.78, 5) is 23.5. The minimum absolute atomic E-state index is 0.0553. The summed E-state index contributed by atoms with van der Waals surface area (Å²) in [6.45, 7) is 0.251. The number of hydrogen-bond acceptors (Lipinski definition) is 7. The molecule has 0 saturated carbocycles. The molecule has 0 radical (unpaired) electrons. The van der Waals surface area contributed by atoms with E-state index in [0.717, 1.165) is 23.2 Å². The van der Waals surface area contributed by atoms with Crippen LogP contribution >= 0.6 is 0 Å².